The number of hydrogen-bond donors (Lipinski definition) is 1. The Labute approximate surface area is 195 Å². The van der Waals surface area contributed by atoms with Gasteiger partial charge in [-0.15, -0.1) is 21.5 Å². The highest BCUT2D eigenvalue weighted by molar-refractivity contribution is 7.99. The van der Waals surface area contributed by atoms with E-state index in [-0.39, 0.29) is 17.6 Å². The first-order valence-corrected chi connectivity index (χ1v) is 12.3. The van der Waals surface area contributed by atoms with E-state index in [2.05, 4.69) is 34.6 Å². The van der Waals surface area contributed by atoms with E-state index in [1.165, 1.54) is 35.1 Å². The molecule has 0 saturated carbocycles. The summed E-state index contributed by atoms with van der Waals surface area (Å²) in [4.78, 5) is 26.3. The maximum absolute atomic E-state index is 12.7. The summed E-state index contributed by atoms with van der Waals surface area (Å²) in [6.07, 6.45) is 3.48. The van der Waals surface area contributed by atoms with Gasteiger partial charge in [0.1, 0.15) is 10.8 Å². The van der Waals surface area contributed by atoms with Crippen LogP contribution in [0.25, 0.3) is 0 Å². The van der Waals surface area contributed by atoms with Crippen molar-refractivity contribution < 1.29 is 14.3 Å². The molecule has 2 heterocycles. The molecule has 4 rings (SSSR count). The van der Waals surface area contributed by atoms with Crippen LogP contribution in [0.4, 0.5) is 5.00 Å². The van der Waals surface area contributed by atoms with Crippen molar-refractivity contribution in [2.24, 2.45) is 13.0 Å². The second kappa shape index (κ2) is 9.87. The number of esters is 1. The van der Waals surface area contributed by atoms with E-state index in [0.717, 1.165) is 36.2 Å². The van der Waals surface area contributed by atoms with Crippen LogP contribution < -0.4 is 5.32 Å². The van der Waals surface area contributed by atoms with Crippen LogP contribution in [0.15, 0.2) is 35.5 Å². The van der Waals surface area contributed by atoms with Gasteiger partial charge in [0.25, 0.3) is 0 Å². The van der Waals surface area contributed by atoms with Gasteiger partial charge < -0.3 is 14.6 Å². The summed E-state index contributed by atoms with van der Waals surface area (Å²) in [5.41, 5.74) is 2.70. The fourth-order valence-electron chi connectivity index (χ4n) is 3.85. The van der Waals surface area contributed by atoms with Crippen LogP contribution in [-0.4, -0.2) is 39.5 Å². The third-order valence-corrected chi connectivity index (χ3v) is 7.81. The molecule has 2 aromatic heterocycles. The molecule has 7 nitrogen and oxygen atoms in total. The van der Waals surface area contributed by atoms with E-state index in [4.69, 9.17) is 4.74 Å². The number of aromatic nitrogens is 3. The van der Waals surface area contributed by atoms with E-state index >= 15 is 0 Å². The van der Waals surface area contributed by atoms with Gasteiger partial charge >= 0.3 is 5.97 Å². The van der Waals surface area contributed by atoms with Crippen molar-refractivity contribution in [2.75, 3.05) is 18.2 Å². The number of thiophene rings is 1. The van der Waals surface area contributed by atoms with Gasteiger partial charge in [-0.3, -0.25) is 4.79 Å². The average Bonchev–Trinajstić information content (AvgIpc) is 3.31. The number of fused-ring (bicyclic) bond motifs is 1. The molecule has 0 radical (unpaired) electrons. The number of hydrogen-bond acceptors (Lipinski definition) is 7. The van der Waals surface area contributed by atoms with Gasteiger partial charge in [-0.1, -0.05) is 49.0 Å². The van der Waals surface area contributed by atoms with Crippen molar-refractivity contribution in [3.63, 3.8) is 0 Å². The molecule has 1 aromatic carbocycles. The predicted octanol–water partition coefficient (Wildman–Crippen LogP) is 4.11. The van der Waals surface area contributed by atoms with E-state index in [1.807, 2.05) is 29.8 Å². The Morgan fingerprint density at radius 3 is 2.81 bits per heavy atom. The van der Waals surface area contributed by atoms with Gasteiger partial charge in [-0.2, -0.15) is 0 Å². The Hall–Kier alpha value is -2.65. The molecule has 9 heteroatoms. The first kappa shape index (κ1) is 22.5. The Morgan fingerprint density at radius 2 is 2.06 bits per heavy atom. The van der Waals surface area contributed by atoms with Crippen LogP contribution >= 0.6 is 23.1 Å². The van der Waals surface area contributed by atoms with E-state index in [9.17, 15) is 9.59 Å². The molecule has 0 fully saturated rings. The summed E-state index contributed by atoms with van der Waals surface area (Å²) in [5.74, 6) is 1.02. The van der Waals surface area contributed by atoms with Crippen LogP contribution in [-0.2, 0) is 35.8 Å². The molecule has 1 unspecified atom stereocenters. The molecule has 168 valence electrons. The number of rotatable bonds is 7. The van der Waals surface area contributed by atoms with Gasteiger partial charge in [-0.25, -0.2) is 4.79 Å². The van der Waals surface area contributed by atoms with Crippen molar-refractivity contribution >= 4 is 40.0 Å². The van der Waals surface area contributed by atoms with Gasteiger partial charge in [0.15, 0.2) is 5.16 Å². The number of carbonyl (C=O) groups is 2. The van der Waals surface area contributed by atoms with E-state index in [0.29, 0.717) is 28.1 Å². The maximum Gasteiger partial charge on any atom is 0.341 e. The summed E-state index contributed by atoms with van der Waals surface area (Å²) in [7, 11) is 3.28. The average molecular weight is 471 g/mol. The quantitative estimate of drug-likeness (QED) is 0.413. The third-order valence-electron chi connectivity index (χ3n) is 5.62. The SMILES string of the molecule is COC(=O)c1c(NC(=O)CSc2nnc(Cc3ccccc3)n2C)sc2c1CCC(C)C2. The number of methoxy groups -OCH3 is 1. The largest absolute Gasteiger partial charge is 0.465 e. The van der Waals surface area contributed by atoms with Gasteiger partial charge in [0.05, 0.1) is 18.4 Å². The molecule has 3 aromatic rings. The zero-order valence-electron chi connectivity index (χ0n) is 18.4. The predicted molar refractivity (Wildman–Crippen MR) is 126 cm³/mol. The smallest absolute Gasteiger partial charge is 0.341 e. The van der Waals surface area contributed by atoms with Crippen LogP contribution in [0.2, 0.25) is 0 Å². The molecule has 32 heavy (non-hydrogen) atoms. The second-order valence-corrected chi connectivity index (χ2v) is 10.1. The Bertz CT molecular complexity index is 1120. The first-order chi connectivity index (χ1) is 15.5. The van der Waals surface area contributed by atoms with Crippen LogP contribution in [0, 0.1) is 5.92 Å². The number of carbonyl (C=O) groups excluding carboxylic acids is 2. The van der Waals surface area contributed by atoms with Crippen molar-refractivity contribution in [1.82, 2.24) is 14.8 Å². The van der Waals surface area contributed by atoms with Crippen LogP contribution in [0.5, 0.6) is 0 Å². The molecule has 1 atom stereocenters. The number of amides is 1. The topological polar surface area (TPSA) is 86.1 Å². The van der Waals surface area contributed by atoms with Gasteiger partial charge in [0.2, 0.25) is 5.91 Å². The fourth-order valence-corrected chi connectivity index (χ4v) is 6.00. The molecule has 1 amide bonds. The molecule has 0 saturated heterocycles. The number of nitrogens with one attached hydrogen (secondary N) is 1. The van der Waals surface area contributed by atoms with Crippen molar-refractivity contribution in [1.29, 1.82) is 0 Å². The molecule has 1 aliphatic carbocycles. The maximum atomic E-state index is 12.7. The van der Waals surface area contributed by atoms with Gasteiger partial charge in [0, 0.05) is 18.3 Å². The number of benzene rings is 1. The highest BCUT2D eigenvalue weighted by Gasteiger charge is 2.29. The lowest BCUT2D eigenvalue weighted by Crippen LogP contribution is -2.17. The summed E-state index contributed by atoms with van der Waals surface area (Å²) < 4.78 is 6.91. The highest BCUT2D eigenvalue weighted by Crippen LogP contribution is 2.40. The summed E-state index contributed by atoms with van der Waals surface area (Å²) in [5, 5.41) is 12.7. The van der Waals surface area contributed by atoms with Crippen LogP contribution in [0.1, 0.15) is 45.5 Å². The van der Waals surface area contributed by atoms with Crippen LogP contribution in [0.3, 0.4) is 0 Å². The van der Waals surface area contributed by atoms with Gasteiger partial charge in [-0.05, 0) is 36.3 Å². The molecule has 0 bridgehead atoms. The van der Waals surface area contributed by atoms with E-state index in [1.54, 1.807) is 0 Å². The Balaban J connectivity index is 1.42. The van der Waals surface area contributed by atoms with Crippen molar-refractivity contribution in [3.05, 3.63) is 57.7 Å². The third kappa shape index (κ3) is 4.88. The highest BCUT2D eigenvalue weighted by atomic mass is 32.2. The molecule has 1 N–H and O–H groups in total. The monoisotopic (exact) mass is 470 g/mol. The second-order valence-electron chi connectivity index (χ2n) is 8.00. The summed E-state index contributed by atoms with van der Waals surface area (Å²) in [6.45, 7) is 2.21. The number of ether oxygens (including phenoxy) is 1. The lowest BCUT2D eigenvalue weighted by molar-refractivity contribution is -0.113. The molecular weight excluding hydrogens is 444 g/mol. The lowest BCUT2D eigenvalue weighted by Gasteiger charge is -2.18. The number of thioether (sulfide) groups is 1. The molecule has 0 aliphatic heterocycles. The minimum Gasteiger partial charge on any atom is -0.465 e. The number of anilines is 1. The normalized spacial score (nSPS) is 15.3. The van der Waals surface area contributed by atoms with E-state index < -0.39 is 0 Å². The summed E-state index contributed by atoms with van der Waals surface area (Å²) in [6, 6.07) is 10.1. The minimum atomic E-state index is -0.390. The summed E-state index contributed by atoms with van der Waals surface area (Å²) >= 11 is 2.82. The lowest BCUT2D eigenvalue weighted by atomic mass is 9.88. The molecule has 1 aliphatic rings. The van der Waals surface area contributed by atoms with Crippen molar-refractivity contribution in [2.45, 2.75) is 37.8 Å². The standard InChI is InChI=1S/C23H26N4O3S2/c1-14-9-10-16-17(11-14)32-21(20(16)22(29)30-3)24-19(28)13-31-23-26-25-18(27(23)2)12-15-7-5-4-6-8-15/h4-8,14H,9-13H2,1-3H3,(H,24,28). The minimum absolute atomic E-state index is 0.177. The number of nitrogens with zero attached hydrogens (tertiary/aromatic N) is 3. The molecular formula is C23H26N4O3S2. The first-order valence-electron chi connectivity index (χ1n) is 10.5. The Morgan fingerprint density at radius 1 is 1.28 bits per heavy atom. The Kier molecular flexibility index (Phi) is 6.95. The fraction of sp³-hybridized carbons (Fsp3) is 0.391. The molecule has 0 spiro atoms. The zero-order valence-corrected chi connectivity index (χ0v) is 20.0. The zero-order chi connectivity index (χ0) is 22.7. The van der Waals surface area contributed by atoms with Crippen molar-refractivity contribution in [3.8, 4) is 0 Å².